The number of nitrogens with zero attached hydrogens (tertiary/aromatic N) is 1. The molecule has 0 atom stereocenters. The Morgan fingerprint density at radius 1 is 1.33 bits per heavy atom. The molecule has 0 amide bonds. The van der Waals surface area contributed by atoms with Crippen LogP contribution in [0.25, 0.3) is 11.3 Å². The monoisotopic (exact) mass is 265 g/mol. The van der Waals surface area contributed by atoms with Gasteiger partial charge in [0, 0.05) is 23.2 Å². The number of halogens is 1. The van der Waals surface area contributed by atoms with Gasteiger partial charge in [-0.2, -0.15) is 5.10 Å². The molecule has 2 aromatic rings. The molecule has 1 heterocycles. The van der Waals surface area contributed by atoms with Gasteiger partial charge in [-0.05, 0) is 24.6 Å². The zero-order chi connectivity index (χ0) is 10.8. The Bertz CT molecular complexity index is 476. The van der Waals surface area contributed by atoms with Gasteiger partial charge in [0.15, 0.2) is 0 Å². The third kappa shape index (κ3) is 2.04. The second-order valence-electron chi connectivity index (χ2n) is 3.38. The fourth-order valence-corrected chi connectivity index (χ4v) is 1.83. The van der Waals surface area contributed by atoms with Gasteiger partial charge >= 0.3 is 0 Å². The Morgan fingerprint density at radius 3 is 2.80 bits per heavy atom. The number of aromatic amines is 1. The summed E-state index contributed by atoms with van der Waals surface area (Å²) in [5.41, 5.74) is 3.42. The van der Waals surface area contributed by atoms with Crippen LogP contribution < -0.4 is 5.32 Å². The van der Waals surface area contributed by atoms with Crippen LogP contribution in [0.1, 0.15) is 5.56 Å². The van der Waals surface area contributed by atoms with E-state index in [1.165, 1.54) is 11.1 Å². The van der Waals surface area contributed by atoms with E-state index in [1.807, 2.05) is 19.2 Å². The predicted molar refractivity (Wildman–Crippen MR) is 66.0 cm³/mol. The first kappa shape index (κ1) is 10.2. The van der Waals surface area contributed by atoms with Crippen molar-refractivity contribution in [2.75, 3.05) is 12.4 Å². The standard InChI is InChI=1S/C11H12BrN3/c1-7-3-4-8(12)5-9(7)10-6-11(13-2)15-14-10/h3-6H,1-2H3,(H2,13,14,15). The van der Waals surface area contributed by atoms with Crippen LogP contribution in [0.3, 0.4) is 0 Å². The molecule has 3 nitrogen and oxygen atoms in total. The van der Waals surface area contributed by atoms with Crippen LogP contribution in [-0.2, 0) is 0 Å². The normalized spacial score (nSPS) is 10.3. The first-order valence-corrected chi connectivity index (χ1v) is 5.49. The van der Waals surface area contributed by atoms with Crippen LogP contribution in [0.4, 0.5) is 5.82 Å². The highest BCUT2D eigenvalue weighted by Crippen LogP contribution is 2.26. The second-order valence-corrected chi connectivity index (χ2v) is 4.29. The number of nitrogens with one attached hydrogen (secondary N) is 2. The Morgan fingerprint density at radius 2 is 2.13 bits per heavy atom. The van der Waals surface area contributed by atoms with E-state index < -0.39 is 0 Å². The minimum Gasteiger partial charge on any atom is -0.372 e. The van der Waals surface area contributed by atoms with Crippen molar-refractivity contribution in [3.8, 4) is 11.3 Å². The van der Waals surface area contributed by atoms with Crippen LogP contribution in [0.5, 0.6) is 0 Å². The largest absolute Gasteiger partial charge is 0.372 e. The molecular weight excluding hydrogens is 254 g/mol. The maximum atomic E-state index is 4.13. The van der Waals surface area contributed by atoms with Gasteiger partial charge in [0.05, 0.1) is 5.69 Å². The zero-order valence-electron chi connectivity index (χ0n) is 8.63. The molecule has 15 heavy (non-hydrogen) atoms. The van der Waals surface area contributed by atoms with Crippen molar-refractivity contribution in [1.29, 1.82) is 0 Å². The maximum Gasteiger partial charge on any atom is 0.148 e. The Kier molecular flexibility index (Phi) is 2.77. The van der Waals surface area contributed by atoms with E-state index in [-0.39, 0.29) is 0 Å². The SMILES string of the molecule is CNc1cc(-c2cc(Br)ccc2C)[nH]n1. The van der Waals surface area contributed by atoms with E-state index in [1.54, 1.807) is 0 Å². The lowest BCUT2D eigenvalue weighted by Crippen LogP contribution is -1.85. The molecule has 1 aromatic heterocycles. The average molecular weight is 266 g/mol. The summed E-state index contributed by atoms with van der Waals surface area (Å²) in [5, 5.41) is 10.1. The predicted octanol–water partition coefficient (Wildman–Crippen LogP) is 3.19. The van der Waals surface area contributed by atoms with Crippen LogP contribution in [0.2, 0.25) is 0 Å². The Labute approximate surface area is 97.0 Å². The number of anilines is 1. The van der Waals surface area contributed by atoms with Gasteiger partial charge in [-0.1, -0.05) is 22.0 Å². The van der Waals surface area contributed by atoms with E-state index in [9.17, 15) is 0 Å². The summed E-state index contributed by atoms with van der Waals surface area (Å²) < 4.78 is 1.07. The molecule has 78 valence electrons. The summed E-state index contributed by atoms with van der Waals surface area (Å²) in [5.74, 6) is 0.851. The van der Waals surface area contributed by atoms with Crippen molar-refractivity contribution >= 4 is 21.7 Å². The summed E-state index contributed by atoms with van der Waals surface area (Å²) in [4.78, 5) is 0. The maximum absolute atomic E-state index is 4.13. The van der Waals surface area contributed by atoms with E-state index >= 15 is 0 Å². The molecule has 1 aromatic carbocycles. The van der Waals surface area contributed by atoms with Crippen molar-refractivity contribution in [2.24, 2.45) is 0 Å². The molecular formula is C11H12BrN3. The van der Waals surface area contributed by atoms with Crippen LogP contribution in [0.15, 0.2) is 28.7 Å². The number of benzene rings is 1. The lowest BCUT2D eigenvalue weighted by Gasteiger charge is -2.02. The smallest absolute Gasteiger partial charge is 0.148 e. The third-order valence-corrected chi connectivity index (χ3v) is 2.82. The molecule has 0 saturated heterocycles. The van der Waals surface area contributed by atoms with E-state index in [0.29, 0.717) is 0 Å². The summed E-state index contributed by atoms with van der Waals surface area (Å²) in [6.07, 6.45) is 0. The molecule has 4 heteroatoms. The minimum absolute atomic E-state index is 0.851. The van der Waals surface area contributed by atoms with Gasteiger partial charge in [0.1, 0.15) is 5.82 Å². The summed E-state index contributed by atoms with van der Waals surface area (Å²) in [7, 11) is 1.85. The molecule has 0 aliphatic heterocycles. The fourth-order valence-electron chi connectivity index (χ4n) is 1.47. The molecule has 2 N–H and O–H groups in total. The number of rotatable bonds is 2. The molecule has 0 bridgehead atoms. The van der Waals surface area contributed by atoms with E-state index in [4.69, 9.17) is 0 Å². The topological polar surface area (TPSA) is 40.7 Å². The number of hydrogen-bond donors (Lipinski definition) is 2. The van der Waals surface area contributed by atoms with Crippen molar-refractivity contribution in [1.82, 2.24) is 10.2 Å². The highest BCUT2D eigenvalue weighted by molar-refractivity contribution is 9.10. The van der Waals surface area contributed by atoms with Crippen LogP contribution in [0, 0.1) is 6.92 Å². The summed E-state index contributed by atoms with van der Waals surface area (Å²) >= 11 is 3.47. The average Bonchev–Trinajstić information content (AvgIpc) is 2.70. The first-order chi connectivity index (χ1) is 7.20. The molecule has 2 rings (SSSR count). The fraction of sp³-hybridized carbons (Fsp3) is 0.182. The molecule has 0 aliphatic carbocycles. The highest BCUT2D eigenvalue weighted by atomic mass is 79.9. The van der Waals surface area contributed by atoms with Crippen LogP contribution in [-0.4, -0.2) is 17.2 Å². The highest BCUT2D eigenvalue weighted by Gasteiger charge is 2.05. The first-order valence-electron chi connectivity index (χ1n) is 4.70. The van der Waals surface area contributed by atoms with Gasteiger partial charge in [0.2, 0.25) is 0 Å². The van der Waals surface area contributed by atoms with Gasteiger partial charge < -0.3 is 5.32 Å². The van der Waals surface area contributed by atoms with Gasteiger partial charge in [-0.3, -0.25) is 5.10 Å². The Hall–Kier alpha value is -1.29. The second kappa shape index (κ2) is 4.06. The Balaban J connectivity index is 2.48. The van der Waals surface area contributed by atoms with Crippen molar-refractivity contribution in [3.05, 3.63) is 34.3 Å². The molecule has 0 spiro atoms. The van der Waals surface area contributed by atoms with Crippen molar-refractivity contribution < 1.29 is 0 Å². The minimum atomic E-state index is 0.851. The van der Waals surface area contributed by atoms with Crippen molar-refractivity contribution in [3.63, 3.8) is 0 Å². The molecule has 0 fully saturated rings. The third-order valence-electron chi connectivity index (χ3n) is 2.32. The summed E-state index contributed by atoms with van der Waals surface area (Å²) in [6.45, 7) is 2.08. The summed E-state index contributed by atoms with van der Waals surface area (Å²) in [6, 6.07) is 8.20. The van der Waals surface area contributed by atoms with Gasteiger partial charge in [0.25, 0.3) is 0 Å². The van der Waals surface area contributed by atoms with E-state index in [2.05, 4.69) is 50.5 Å². The number of hydrogen-bond acceptors (Lipinski definition) is 2. The van der Waals surface area contributed by atoms with E-state index in [0.717, 1.165) is 16.0 Å². The lowest BCUT2D eigenvalue weighted by atomic mass is 10.1. The molecule has 0 saturated carbocycles. The van der Waals surface area contributed by atoms with Gasteiger partial charge in [-0.25, -0.2) is 0 Å². The number of aromatic nitrogens is 2. The van der Waals surface area contributed by atoms with Crippen molar-refractivity contribution in [2.45, 2.75) is 6.92 Å². The number of H-pyrrole nitrogens is 1. The molecule has 0 unspecified atom stereocenters. The molecule has 0 radical (unpaired) electrons. The lowest BCUT2D eigenvalue weighted by molar-refractivity contribution is 1.09. The molecule has 0 aliphatic rings. The number of aryl methyl sites for hydroxylation is 1. The zero-order valence-corrected chi connectivity index (χ0v) is 10.2. The van der Waals surface area contributed by atoms with Crippen LogP contribution >= 0.6 is 15.9 Å². The quantitative estimate of drug-likeness (QED) is 0.876. The van der Waals surface area contributed by atoms with Gasteiger partial charge in [-0.15, -0.1) is 0 Å².